The second-order valence-corrected chi connectivity index (χ2v) is 5.43. The third kappa shape index (κ3) is 3.16. The van der Waals surface area contributed by atoms with Gasteiger partial charge in [-0.3, -0.25) is 9.69 Å². The van der Waals surface area contributed by atoms with E-state index in [1.54, 1.807) is 6.92 Å². The van der Waals surface area contributed by atoms with Crippen LogP contribution in [0.1, 0.15) is 43.9 Å². The van der Waals surface area contributed by atoms with Crippen LogP contribution in [0, 0.1) is 5.92 Å². The molecule has 104 valence electrons. The SMILES string of the molecule is CCN(CC(C)C(=O)O)C1CCCc2ccccc21. The van der Waals surface area contributed by atoms with Crippen molar-refractivity contribution < 1.29 is 9.90 Å². The van der Waals surface area contributed by atoms with E-state index >= 15 is 0 Å². The summed E-state index contributed by atoms with van der Waals surface area (Å²) in [5.74, 6) is -1.02. The lowest BCUT2D eigenvalue weighted by atomic mass is 9.86. The van der Waals surface area contributed by atoms with Crippen LogP contribution in [0.3, 0.4) is 0 Å². The maximum absolute atomic E-state index is 11.1. The topological polar surface area (TPSA) is 40.5 Å². The molecule has 0 spiro atoms. The largest absolute Gasteiger partial charge is 0.481 e. The second kappa shape index (κ2) is 6.20. The molecule has 1 N–H and O–H groups in total. The predicted molar refractivity (Wildman–Crippen MR) is 76.2 cm³/mol. The van der Waals surface area contributed by atoms with Crippen molar-refractivity contribution in [1.82, 2.24) is 4.90 Å². The first kappa shape index (κ1) is 14.1. The Hall–Kier alpha value is -1.35. The minimum Gasteiger partial charge on any atom is -0.481 e. The first-order valence-corrected chi connectivity index (χ1v) is 7.18. The Morgan fingerprint density at radius 2 is 2.21 bits per heavy atom. The van der Waals surface area contributed by atoms with Crippen molar-refractivity contribution >= 4 is 5.97 Å². The normalized spacial score (nSPS) is 20.1. The first-order valence-electron chi connectivity index (χ1n) is 7.18. The second-order valence-electron chi connectivity index (χ2n) is 5.43. The molecule has 3 heteroatoms. The summed E-state index contributed by atoms with van der Waals surface area (Å²) < 4.78 is 0. The van der Waals surface area contributed by atoms with Crippen LogP contribution in [0.25, 0.3) is 0 Å². The molecule has 0 saturated carbocycles. The Kier molecular flexibility index (Phi) is 4.59. The highest BCUT2D eigenvalue weighted by atomic mass is 16.4. The Morgan fingerprint density at radius 1 is 1.47 bits per heavy atom. The van der Waals surface area contributed by atoms with Crippen molar-refractivity contribution in [3.8, 4) is 0 Å². The van der Waals surface area contributed by atoms with Gasteiger partial charge in [0.2, 0.25) is 0 Å². The quantitative estimate of drug-likeness (QED) is 0.885. The van der Waals surface area contributed by atoms with Gasteiger partial charge in [-0.2, -0.15) is 0 Å². The van der Waals surface area contributed by atoms with Gasteiger partial charge in [0.25, 0.3) is 0 Å². The molecule has 2 unspecified atom stereocenters. The fourth-order valence-electron chi connectivity index (χ4n) is 3.01. The summed E-state index contributed by atoms with van der Waals surface area (Å²) in [6.45, 7) is 5.44. The Balaban J connectivity index is 2.18. The van der Waals surface area contributed by atoms with Crippen LogP contribution in [0.4, 0.5) is 0 Å². The van der Waals surface area contributed by atoms with Crippen molar-refractivity contribution in [1.29, 1.82) is 0 Å². The highest BCUT2D eigenvalue weighted by Crippen LogP contribution is 2.34. The molecule has 0 heterocycles. The van der Waals surface area contributed by atoms with E-state index in [1.165, 1.54) is 17.5 Å². The molecule has 1 aromatic rings. The van der Waals surface area contributed by atoms with Crippen molar-refractivity contribution in [2.24, 2.45) is 5.92 Å². The molecule has 19 heavy (non-hydrogen) atoms. The summed E-state index contributed by atoms with van der Waals surface area (Å²) in [5.41, 5.74) is 2.83. The summed E-state index contributed by atoms with van der Waals surface area (Å²) in [6, 6.07) is 8.98. The number of benzene rings is 1. The fourth-order valence-corrected chi connectivity index (χ4v) is 3.01. The summed E-state index contributed by atoms with van der Waals surface area (Å²) in [5, 5.41) is 9.09. The van der Waals surface area contributed by atoms with Crippen molar-refractivity contribution in [3.05, 3.63) is 35.4 Å². The van der Waals surface area contributed by atoms with Gasteiger partial charge in [0.15, 0.2) is 0 Å². The molecule has 0 aliphatic heterocycles. The molecule has 0 amide bonds. The van der Waals surface area contributed by atoms with Crippen LogP contribution in [0.5, 0.6) is 0 Å². The Morgan fingerprint density at radius 3 is 2.89 bits per heavy atom. The van der Waals surface area contributed by atoms with Gasteiger partial charge in [-0.25, -0.2) is 0 Å². The van der Waals surface area contributed by atoms with E-state index in [9.17, 15) is 4.79 Å². The standard InChI is InChI=1S/C16H23NO2/c1-3-17(11-12(2)16(18)19)15-10-6-8-13-7-4-5-9-14(13)15/h4-5,7,9,12,15H,3,6,8,10-11H2,1-2H3,(H,18,19). The van der Waals surface area contributed by atoms with Crippen LogP contribution in [-0.4, -0.2) is 29.1 Å². The van der Waals surface area contributed by atoms with Crippen molar-refractivity contribution in [2.45, 2.75) is 39.2 Å². The average Bonchev–Trinajstić information content (AvgIpc) is 2.44. The summed E-state index contributed by atoms with van der Waals surface area (Å²) >= 11 is 0. The zero-order valence-corrected chi connectivity index (χ0v) is 11.8. The number of nitrogens with zero attached hydrogens (tertiary/aromatic N) is 1. The van der Waals surface area contributed by atoms with Crippen molar-refractivity contribution in [3.63, 3.8) is 0 Å². The highest BCUT2D eigenvalue weighted by Gasteiger charge is 2.27. The van der Waals surface area contributed by atoms with Gasteiger partial charge in [0.05, 0.1) is 5.92 Å². The molecule has 0 bridgehead atoms. The maximum Gasteiger partial charge on any atom is 0.307 e. The molecule has 3 nitrogen and oxygen atoms in total. The average molecular weight is 261 g/mol. The highest BCUT2D eigenvalue weighted by molar-refractivity contribution is 5.69. The summed E-state index contributed by atoms with van der Waals surface area (Å²) in [6.07, 6.45) is 3.48. The van der Waals surface area contributed by atoms with Gasteiger partial charge in [-0.05, 0) is 36.9 Å². The number of fused-ring (bicyclic) bond motifs is 1. The first-order chi connectivity index (χ1) is 9.13. The number of carboxylic acid groups (broad SMARTS) is 1. The van der Waals surface area contributed by atoms with Gasteiger partial charge in [-0.1, -0.05) is 38.1 Å². The van der Waals surface area contributed by atoms with Gasteiger partial charge in [0, 0.05) is 12.6 Å². The Labute approximate surface area is 115 Å². The molecular formula is C16H23NO2. The molecule has 1 aliphatic rings. The number of aliphatic carboxylic acids is 1. The zero-order valence-electron chi connectivity index (χ0n) is 11.8. The van der Waals surface area contributed by atoms with Crippen LogP contribution in [0.2, 0.25) is 0 Å². The van der Waals surface area contributed by atoms with E-state index in [1.807, 2.05) is 0 Å². The third-order valence-corrected chi connectivity index (χ3v) is 4.11. The van der Waals surface area contributed by atoms with E-state index in [-0.39, 0.29) is 5.92 Å². The van der Waals surface area contributed by atoms with E-state index < -0.39 is 5.97 Å². The van der Waals surface area contributed by atoms with E-state index in [4.69, 9.17) is 5.11 Å². The molecule has 0 fully saturated rings. The smallest absolute Gasteiger partial charge is 0.307 e. The number of carboxylic acids is 1. The van der Waals surface area contributed by atoms with Crippen LogP contribution >= 0.6 is 0 Å². The van der Waals surface area contributed by atoms with Gasteiger partial charge >= 0.3 is 5.97 Å². The van der Waals surface area contributed by atoms with Gasteiger partial charge in [0.1, 0.15) is 0 Å². The minimum absolute atomic E-state index is 0.311. The number of hydrogen-bond acceptors (Lipinski definition) is 2. The predicted octanol–water partition coefficient (Wildman–Crippen LogP) is 3.11. The molecule has 0 aromatic heterocycles. The number of hydrogen-bond donors (Lipinski definition) is 1. The lowest BCUT2D eigenvalue weighted by Gasteiger charge is -2.36. The van der Waals surface area contributed by atoms with Gasteiger partial charge in [-0.15, -0.1) is 0 Å². The molecular weight excluding hydrogens is 238 g/mol. The monoisotopic (exact) mass is 261 g/mol. The van der Waals surface area contributed by atoms with Crippen LogP contribution < -0.4 is 0 Å². The molecule has 2 atom stereocenters. The van der Waals surface area contributed by atoms with Crippen molar-refractivity contribution in [2.75, 3.05) is 13.1 Å². The molecule has 2 rings (SSSR count). The summed E-state index contributed by atoms with van der Waals surface area (Å²) in [4.78, 5) is 13.4. The third-order valence-electron chi connectivity index (χ3n) is 4.11. The van der Waals surface area contributed by atoms with Gasteiger partial charge < -0.3 is 5.11 Å². The number of aryl methyl sites for hydroxylation is 1. The lowest BCUT2D eigenvalue weighted by molar-refractivity contribution is -0.142. The minimum atomic E-state index is -0.706. The van der Waals surface area contributed by atoms with E-state index in [0.29, 0.717) is 12.6 Å². The molecule has 0 saturated heterocycles. The molecule has 1 aromatic carbocycles. The maximum atomic E-state index is 11.1. The molecule has 1 aliphatic carbocycles. The Bertz CT molecular complexity index is 444. The molecule has 0 radical (unpaired) electrons. The van der Waals surface area contributed by atoms with E-state index in [2.05, 4.69) is 36.1 Å². The summed E-state index contributed by atoms with van der Waals surface area (Å²) in [7, 11) is 0. The lowest BCUT2D eigenvalue weighted by Crippen LogP contribution is -2.36. The fraction of sp³-hybridized carbons (Fsp3) is 0.562. The van der Waals surface area contributed by atoms with E-state index in [0.717, 1.165) is 19.4 Å². The van der Waals surface area contributed by atoms with Crippen LogP contribution in [-0.2, 0) is 11.2 Å². The number of rotatable bonds is 5. The number of carbonyl (C=O) groups is 1. The van der Waals surface area contributed by atoms with Crippen LogP contribution in [0.15, 0.2) is 24.3 Å². The zero-order chi connectivity index (χ0) is 13.8.